The number of nitrogens with one attached hydrogen (secondary N) is 1. The third-order valence-corrected chi connectivity index (χ3v) is 8.46. The minimum atomic E-state index is -3.57. The van der Waals surface area contributed by atoms with Gasteiger partial charge in [0.15, 0.2) is 6.10 Å². The van der Waals surface area contributed by atoms with E-state index in [2.05, 4.69) is 12.2 Å². The first kappa shape index (κ1) is 23.7. The number of benzene rings is 1. The Bertz CT molecular complexity index is 876. The highest BCUT2D eigenvalue weighted by molar-refractivity contribution is 7.89. The predicted molar refractivity (Wildman–Crippen MR) is 118 cm³/mol. The van der Waals surface area contributed by atoms with Gasteiger partial charge in [-0.15, -0.1) is 0 Å². The largest absolute Gasteiger partial charge is 0.452 e. The van der Waals surface area contributed by atoms with E-state index in [1.54, 1.807) is 31.2 Å². The lowest BCUT2D eigenvalue weighted by molar-refractivity contribution is -0.160. The van der Waals surface area contributed by atoms with Crippen LogP contribution in [0.3, 0.4) is 0 Å². The Hall–Kier alpha value is -1.93. The van der Waals surface area contributed by atoms with Crippen LogP contribution in [0.4, 0.5) is 0 Å². The van der Waals surface area contributed by atoms with Crippen molar-refractivity contribution in [2.45, 2.75) is 76.3 Å². The van der Waals surface area contributed by atoms with Gasteiger partial charge in [0.1, 0.15) is 0 Å². The van der Waals surface area contributed by atoms with Crippen LogP contribution in [0.25, 0.3) is 0 Å². The Labute approximate surface area is 185 Å². The zero-order valence-electron chi connectivity index (χ0n) is 18.7. The molecule has 1 saturated heterocycles. The molecule has 0 aromatic heterocycles. The van der Waals surface area contributed by atoms with Crippen LogP contribution < -0.4 is 5.32 Å². The summed E-state index contributed by atoms with van der Waals surface area (Å²) in [5, 5.41) is 3.02. The van der Waals surface area contributed by atoms with Gasteiger partial charge in [-0.3, -0.25) is 9.59 Å². The van der Waals surface area contributed by atoms with Gasteiger partial charge in [0.25, 0.3) is 5.91 Å². The van der Waals surface area contributed by atoms with Crippen molar-refractivity contribution in [3.8, 4) is 0 Å². The maximum absolute atomic E-state index is 12.8. The molecule has 8 heteroatoms. The Kier molecular flexibility index (Phi) is 7.75. The molecule has 3 atom stereocenters. The third kappa shape index (κ3) is 5.86. The van der Waals surface area contributed by atoms with Crippen LogP contribution >= 0.6 is 0 Å². The molecule has 1 amide bonds. The van der Waals surface area contributed by atoms with E-state index in [0.29, 0.717) is 18.8 Å². The Morgan fingerprint density at radius 1 is 1.06 bits per heavy atom. The zero-order chi connectivity index (χ0) is 22.6. The van der Waals surface area contributed by atoms with E-state index in [1.165, 1.54) is 10.7 Å². The molecular weight excluding hydrogens is 416 g/mol. The molecule has 0 bridgehead atoms. The van der Waals surface area contributed by atoms with Gasteiger partial charge in [-0.2, -0.15) is 4.31 Å². The summed E-state index contributed by atoms with van der Waals surface area (Å²) in [5.74, 6) is -0.646. The number of sulfonamides is 1. The second kappa shape index (κ2) is 10.1. The second-order valence-electron chi connectivity index (χ2n) is 8.95. The van der Waals surface area contributed by atoms with E-state index in [9.17, 15) is 18.0 Å². The van der Waals surface area contributed by atoms with Crippen molar-refractivity contribution in [1.29, 1.82) is 0 Å². The molecule has 1 saturated carbocycles. The number of hydrogen-bond acceptors (Lipinski definition) is 5. The number of aryl methyl sites for hydroxylation is 1. The fraction of sp³-hybridized carbons (Fsp3) is 0.652. The SMILES string of the molecule is Cc1ccc(S(=O)(=O)N2CCC(C(=O)O[C@H](C)C(=O)N[C@@H]3CCCC[C@H]3C)CC2)cc1. The zero-order valence-corrected chi connectivity index (χ0v) is 19.5. The average molecular weight is 451 g/mol. The van der Waals surface area contributed by atoms with Crippen LogP contribution in [-0.2, 0) is 24.3 Å². The number of carbonyl (C=O) groups is 2. The van der Waals surface area contributed by atoms with Gasteiger partial charge in [-0.25, -0.2) is 8.42 Å². The average Bonchev–Trinajstić information content (AvgIpc) is 2.75. The monoisotopic (exact) mass is 450 g/mol. The van der Waals surface area contributed by atoms with E-state index in [4.69, 9.17) is 4.74 Å². The van der Waals surface area contributed by atoms with E-state index in [-0.39, 0.29) is 29.9 Å². The number of esters is 1. The highest BCUT2D eigenvalue weighted by Crippen LogP contribution is 2.26. The number of amides is 1. The topological polar surface area (TPSA) is 92.8 Å². The van der Waals surface area contributed by atoms with Crippen LogP contribution in [0, 0.1) is 18.8 Å². The third-order valence-electron chi connectivity index (χ3n) is 6.55. The molecule has 0 radical (unpaired) electrons. The summed E-state index contributed by atoms with van der Waals surface area (Å²) in [6, 6.07) is 6.91. The molecule has 31 heavy (non-hydrogen) atoms. The summed E-state index contributed by atoms with van der Waals surface area (Å²) >= 11 is 0. The first-order chi connectivity index (χ1) is 14.7. The number of hydrogen-bond donors (Lipinski definition) is 1. The van der Waals surface area contributed by atoms with Crippen molar-refractivity contribution in [2.24, 2.45) is 11.8 Å². The quantitative estimate of drug-likeness (QED) is 0.673. The Balaban J connectivity index is 1.49. The van der Waals surface area contributed by atoms with Gasteiger partial charge >= 0.3 is 5.97 Å². The molecule has 1 aromatic carbocycles. The lowest BCUT2D eigenvalue weighted by Gasteiger charge is -2.32. The lowest BCUT2D eigenvalue weighted by atomic mass is 9.86. The molecule has 0 unspecified atom stereocenters. The maximum atomic E-state index is 12.8. The van der Waals surface area contributed by atoms with Crippen LogP contribution in [0.1, 0.15) is 57.9 Å². The van der Waals surface area contributed by atoms with E-state index >= 15 is 0 Å². The van der Waals surface area contributed by atoms with E-state index in [1.807, 2.05) is 6.92 Å². The van der Waals surface area contributed by atoms with E-state index in [0.717, 1.165) is 24.8 Å². The normalized spacial score (nSPS) is 24.4. The van der Waals surface area contributed by atoms with Gasteiger partial charge in [-0.1, -0.05) is 37.5 Å². The number of nitrogens with zero attached hydrogens (tertiary/aromatic N) is 1. The molecular formula is C23H34N2O5S. The second-order valence-corrected chi connectivity index (χ2v) is 10.9. The van der Waals surface area contributed by atoms with Crippen molar-refractivity contribution >= 4 is 21.9 Å². The Morgan fingerprint density at radius 3 is 2.29 bits per heavy atom. The van der Waals surface area contributed by atoms with Gasteiger partial charge in [-0.05, 0) is 57.6 Å². The molecule has 1 N–H and O–H groups in total. The molecule has 2 aliphatic rings. The molecule has 3 rings (SSSR count). The van der Waals surface area contributed by atoms with Crippen LogP contribution in [0.15, 0.2) is 29.2 Å². The summed E-state index contributed by atoms with van der Waals surface area (Å²) in [5.41, 5.74) is 0.997. The minimum Gasteiger partial charge on any atom is -0.452 e. The maximum Gasteiger partial charge on any atom is 0.309 e. The smallest absolute Gasteiger partial charge is 0.309 e. The van der Waals surface area contributed by atoms with Crippen molar-refractivity contribution in [1.82, 2.24) is 9.62 Å². The van der Waals surface area contributed by atoms with E-state index < -0.39 is 28.0 Å². The van der Waals surface area contributed by atoms with Crippen molar-refractivity contribution < 1.29 is 22.7 Å². The van der Waals surface area contributed by atoms with Crippen LogP contribution in [-0.4, -0.2) is 49.8 Å². The first-order valence-electron chi connectivity index (χ1n) is 11.3. The summed E-state index contributed by atoms with van der Waals surface area (Å²) in [6.07, 6.45) is 4.28. The predicted octanol–water partition coefficient (Wildman–Crippen LogP) is 3.02. The molecule has 1 aliphatic heterocycles. The Morgan fingerprint density at radius 2 is 1.68 bits per heavy atom. The fourth-order valence-corrected chi connectivity index (χ4v) is 5.82. The number of carbonyl (C=O) groups excluding carboxylic acids is 2. The highest BCUT2D eigenvalue weighted by atomic mass is 32.2. The molecule has 1 heterocycles. The van der Waals surface area contributed by atoms with Crippen LogP contribution in [0.2, 0.25) is 0 Å². The van der Waals surface area contributed by atoms with Crippen molar-refractivity contribution in [3.05, 3.63) is 29.8 Å². The van der Waals surface area contributed by atoms with Gasteiger partial charge < -0.3 is 10.1 Å². The molecule has 172 valence electrons. The van der Waals surface area contributed by atoms with Gasteiger partial charge in [0, 0.05) is 19.1 Å². The molecule has 2 fully saturated rings. The molecule has 1 aliphatic carbocycles. The fourth-order valence-electron chi connectivity index (χ4n) is 4.35. The van der Waals surface area contributed by atoms with Crippen LogP contribution in [0.5, 0.6) is 0 Å². The minimum absolute atomic E-state index is 0.137. The van der Waals surface area contributed by atoms with Gasteiger partial charge in [0.05, 0.1) is 10.8 Å². The number of ether oxygens (including phenoxy) is 1. The van der Waals surface area contributed by atoms with Crippen molar-refractivity contribution in [2.75, 3.05) is 13.1 Å². The standard InChI is InChI=1S/C23H34N2O5S/c1-16-8-10-20(11-9-16)31(28,29)25-14-12-19(13-15-25)23(27)30-18(3)22(26)24-21-7-5-4-6-17(21)2/h8-11,17-19,21H,4-7,12-15H2,1-3H3,(H,24,26)/t17-,18-,21-/m1/s1. The van der Waals surface area contributed by atoms with Crippen molar-refractivity contribution in [3.63, 3.8) is 0 Å². The summed E-state index contributed by atoms with van der Waals surface area (Å²) in [6.45, 7) is 6.16. The molecule has 1 aromatic rings. The highest BCUT2D eigenvalue weighted by Gasteiger charge is 2.34. The summed E-state index contributed by atoms with van der Waals surface area (Å²) < 4.78 is 32.5. The summed E-state index contributed by atoms with van der Waals surface area (Å²) in [7, 11) is -3.57. The number of piperidine rings is 1. The summed E-state index contributed by atoms with van der Waals surface area (Å²) in [4.78, 5) is 25.3. The molecule has 7 nitrogen and oxygen atoms in total. The lowest BCUT2D eigenvalue weighted by Crippen LogP contribution is -2.47. The molecule has 0 spiro atoms. The van der Waals surface area contributed by atoms with Gasteiger partial charge in [0.2, 0.25) is 10.0 Å². The number of rotatable bonds is 6. The first-order valence-corrected chi connectivity index (χ1v) is 12.7.